The summed E-state index contributed by atoms with van der Waals surface area (Å²) in [5, 5.41) is 20.9. The van der Waals surface area contributed by atoms with Gasteiger partial charge in [0, 0.05) is 29.6 Å². The van der Waals surface area contributed by atoms with E-state index in [0.717, 1.165) is 18.5 Å². The Morgan fingerprint density at radius 3 is 2.81 bits per heavy atom. The Bertz CT molecular complexity index is 1510. The van der Waals surface area contributed by atoms with Crippen LogP contribution in [0, 0.1) is 0 Å². The first-order chi connectivity index (χ1) is 15.4. The van der Waals surface area contributed by atoms with Crippen LogP contribution in [0.15, 0.2) is 46.3 Å². The number of aromatic nitrogens is 5. The lowest BCUT2D eigenvalue weighted by Gasteiger charge is -2.09. The number of H-pyrrole nitrogens is 2. The Morgan fingerprint density at radius 2 is 2.09 bits per heavy atom. The summed E-state index contributed by atoms with van der Waals surface area (Å²) in [4.78, 5) is 37.0. The maximum Gasteiger partial charge on any atom is 0.326 e. The molecule has 1 aliphatic rings. The number of nitrogens with one attached hydrogen (secondary N) is 4. The molecular weight excluding hydrogens is 412 g/mol. The van der Waals surface area contributed by atoms with Crippen LogP contribution in [0.5, 0.6) is 5.88 Å². The number of aromatic hydroxyl groups is 1. The van der Waals surface area contributed by atoms with E-state index in [9.17, 15) is 14.7 Å². The molecule has 0 saturated heterocycles. The minimum atomic E-state index is -0.510. The van der Waals surface area contributed by atoms with Crippen molar-refractivity contribution < 1.29 is 9.90 Å². The summed E-state index contributed by atoms with van der Waals surface area (Å²) in [5.41, 5.74) is 2.27. The number of rotatable bonds is 5. The van der Waals surface area contributed by atoms with Crippen LogP contribution in [0.3, 0.4) is 0 Å². The maximum absolute atomic E-state index is 11.5. The van der Waals surface area contributed by atoms with Crippen LogP contribution in [-0.2, 0) is 4.79 Å². The number of hydrogen-bond donors (Lipinski definition) is 5. The molecule has 5 rings (SSSR count). The highest BCUT2D eigenvalue weighted by Crippen LogP contribution is 2.23. The van der Waals surface area contributed by atoms with Gasteiger partial charge in [0.25, 0.3) is 0 Å². The predicted octanol–water partition coefficient (Wildman–Crippen LogP) is 0.764. The van der Waals surface area contributed by atoms with E-state index in [1.807, 2.05) is 18.2 Å². The quantitative estimate of drug-likeness (QED) is 0.314. The number of amides is 1. The number of hydrogen-bond acceptors (Lipinski definition) is 7. The van der Waals surface area contributed by atoms with Gasteiger partial charge in [-0.3, -0.25) is 14.8 Å². The zero-order valence-electron chi connectivity index (χ0n) is 17.1. The van der Waals surface area contributed by atoms with E-state index in [1.54, 1.807) is 28.9 Å². The largest absolute Gasteiger partial charge is 0.493 e. The van der Waals surface area contributed by atoms with Crippen LogP contribution in [0.25, 0.3) is 11.7 Å². The number of benzene rings is 1. The molecule has 3 aromatic heterocycles. The second-order valence-corrected chi connectivity index (χ2v) is 7.57. The first-order valence-corrected chi connectivity index (χ1v) is 10.0. The summed E-state index contributed by atoms with van der Waals surface area (Å²) >= 11 is 0. The molecule has 162 valence electrons. The highest BCUT2D eigenvalue weighted by Gasteiger charge is 2.20. The van der Waals surface area contributed by atoms with Crippen molar-refractivity contribution in [3.05, 3.63) is 63.4 Å². The predicted molar refractivity (Wildman–Crippen MR) is 117 cm³/mol. The topological polar surface area (TPSA) is 153 Å². The van der Waals surface area contributed by atoms with Gasteiger partial charge in [0.1, 0.15) is 11.5 Å². The van der Waals surface area contributed by atoms with Crippen molar-refractivity contribution in [3.63, 3.8) is 0 Å². The molecule has 1 aromatic carbocycles. The van der Waals surface area contributed by atoms with Gasteiger partial charge in [0.2, 0.25) is 11.8 Å². The lowest BCUT2D eigenvalue weighted by molar-refractivity contribution is -0.114. The highest BCUT2D eigenvalue weighted by atomic mass is 16.3. The van der Waals surface area contributed by atoms with E-state index in [0.29, 0.717) is 27.9 Å². The van der Waals surface area contributed by atoms with Crippen molar-refractivity contribution in [3.8, 4) is 5.88 Å². The molecular formula is C21H20N8O3. The second kappa shape index (κ2) is 7.69. The van der Waals surface area contributed by atoms with Gasteiger partial charge in [-0.15, -0.1) is 0 Å². The second-order valence-electron chi connectivity index (χ2n) is 7.57. The zero-order chi connectivity index (χ0) is 22.2. The molecule has 0 spiro atoms. The number of anilines is 3. The fourth-order valence-electron chi connectivity index (χ4n) is 3.29. The van der Waals surface area contributed by atoms with E-state index in [2.05, 4.69) is 30.7 Å². The summed E-state index contributed by atoms with van der Waals surface area (Å²) in [6.07, 6.45) is 5.25. The van der Waals surface area contributed by atoms with Gasteiger partial charge < -0.3 is 20.7 Å². The summed E-state index contributed by atoms with van der Waals surface area (Å²) in [7, 11) is 0. The van der Waals surface area contributed by atoms with Crippen LogP contribution in [0.1, 0.15) is 25.5 Å². The van der Waals surface area contributed by atoms with Crippen LogP contribution < -0.4 is 27.0 Å². The SMILES string of the molecule is CC(=O)Nc1cccc(Nc2cc(=NC3CC3)n3nc/c(=C/c4[nH]c(=O)[nH]c4O)c3n2)c1. The maximum atomic E-state index is 11.5. The average molecular weight is 432 g/mol. The fraction of sp³-hybridized carbons (Fsp3) is 0.190. The Labute approximate surface area is 180 Å². The van der Waals surface area contributed by atoms with Gasteiger partial charge in [-0.2, -0.15) is 9.61 Å². The Balaban J connectivity index is 1.61. The summed E-state index contributed by atoms with van der Waals surface area (Å²) in [6.45, 7) is 1.45. The third-order valence-electron chi connectivity index (χ3n) is 4.83. The van der Waals surface area contributed by atoms with Gasteiger partial charge in [0.05, 0.1) is 12.2 Å². The number of aromatic amines is 2. The van der Waals surface area contributed by atoms with Crippen molar-refractivity contribution in [1.29, 1.82) is 0 Å². The Kier molecular flexibility index (Phi) is 4.70. The molecule has 4 aromatic rings. The van der Waals surface area contributed by atoms with E-state index in [4.69, 9.17) is 4.99 Å². The highest BCUT2D eigenvalue weighted by molar-refractivity contribution is 5.89. The first kappa shape index (κ1) is 19.5. The molecule has 1 aliphatic carbocycles. The standard InChI is InChI=1S/C21H20N8O3/c1-11(30)23-14-3-2-4-15(8-14)24-17-9-18(25-13-5-6-13)29-19(27-17)12(10-22-29)7-16-20(31)28-21(32)26-16/h2-4,7-10,13,24,31H,5-6H2,1H3,(H,23,30)(H2,26,28,32)/b12-7-,25-18?. The van der Waals surface area contributed by atoms with Crippen molar-refractivity contribution in [2.24, 2.45) is 4.99 Å². The molecule has 1 saturated carbocycles. The molecule has 0 aliphatic heterocycles. The molecule has 3 heterocycles. The number of carbonyl (C=O) groups is 1. The monoisotopic (exact) mass is 432 g/mol. The van der Waals surface area contributed by atoms with E-state index in [-0.39, 0.29) is 23.5 Å². The number of nitrogens with zero attached hydrogens (tertiary/aromatic N) is 4. The van der Waals surface area contributed by atoms with Gasteiger partial charge >= 0.3 is 5.69 Å². The summed E-state index contributed by atoms with van der Waals surface area (Å²) in [6, 6.07) is 9.36. The number of carbonyl (C=O) groups excluding carboxylic acids is 1. The van der Waals surface area contributed by atoms with E-state index < -0.39 is 5.69 Å². The average Bonchev–Trinajstić information content (AvgIpc) is 3.36. The van der Waals surface area contributed by atoms with Crippen molar-refractivity contribution in [1.82, 2.24) is 24.6 Å². The molecule has 1 fully saturated rings. The van der Waals surface area contributed by atoms with Crippen molar-refractivity contribution in [2.75, 3.05) is 10.6 Å². The van der Waals surface area contributed by atoms with Crippen molar-refractivity contribution in [2.45, 2.75) is 25.8 Å². The van der Waals surface area contributed by atoms with E-state index >= 15 is 0 Å². The number of imidazole rings is 1. The third kappa shape index (κ3) is 4.08. The van der Waals surface area contributed by atoms with Gasteiger partial charge in [-0.25, -0.2) is 9.78 Å². The summed E-state index contributed by atoms with van der Waals surface area (Å²) < 4.78 is 1.63. The van der Waals surface area contributed by atoms with Gasteiger partial charge in [-0.05, 0) is 37.1 Å². The first-order valence-electron chi connectivity index (χ1n) is 10.0. The van der Waals surface area contributed by atoms with Crippen LogP contribution in [0.2, 0.25) is 0 Å². The van der Waals surface area contributed by atoms with Crippen LogP contribution in [0.4, 0.5) is 17.2 Å². The van der Waals surface area contributed by atoms with Crippen molar-refractivity contribution >= 4 is 34.8 Å². The molecule has 1 amide bonds. The minimum absolute atomic E-state index is 0.155. The van der Waals surface area contributed by atoms with Crippen LogP contribution in [-0.4, -0.2) is 41.6 Å². The lowest BCUT2D eigenvalue weighted by Crippen LogP contribution is -2.19. The third-order valence-corrected chi connectivity index (χ3v) is 4.83. The fourth-order valence-corrected chi connectivity index (χ4v) is 3.29. The van der Waals surface area contributed by atoms with E-state index in [1.165, 1.54) is 6.92 Å². The Morgan fingerprint density at radius 1 is 1.28 bits per heavy atom. The Hall–Kier alpha value is -4.41. The smallest absolute Gasteiger partial charge is 0.326 e. The molecule has 0 atom stereocenters. The normalized spacial score (nSPS) is 14.8. The van der Waals surface area contributed by atoms with Crippen LogP contribution >= 0.6 is 0 Å². The summed E-state index contributed by atoms with van der Waals surface area (Å²) in [5.74, 6) is 0.123. The molecule has 5 N–H and O–H groups in total. The molecule has 0 radical (unpaired) electrons. The van der Waals surface area contributed by atoms with Gasteiger partial charge in [-0.1, -0.05) is 6.07 Å². The zero-order valence-corrected chi connectivity index (χ0v) is 17.1. The van der Waals surface area contributed by atoms with Gasteiger partial charge in [0.15, 0.2) is 11.1 Å². The number of fused-ring (bicyclic) bond motifs is 1. The molecule has 11 heteroatoms. The molecule has 32 heavy (non-hydrogen) atoms. The lowest BCUT2D eigenvalue weighted by atomic mass is 10.2. The molecule has 0 unspecified atom stereocenters. The molecule has 0 bridgehead atoms. The minimum Gasteiger partial charge on any atom is -0.493 e. The molecule has 11 nitrogen and oxygen atoms in total.